The predicted octanol–water partition coefficient (Wildman–Crippen LogP) is 3.07. The first-order valence-electron chi connectivity index (χ1n) is 10.7. The minimum absolute atomic E-state index is 0.0387. The fourth-order valence-electron chi connectivity index (χ4n) is 3.72. The number of methoxy groups -OCH3 is 2. The highest BCUT2D eigenvalue weighted by molar-refractivity contribution is 6.31. The smallest absolute Gasteiger partial charge is 0.267 e. The molecular formula is C25H22ClFN4O5. The largest absolute Gasteiger partial charge is 0.495 e. The fourth-order valence-corrected chi connectivity index (χ4v) is 3.93. The van der Waals surface area contributed by atoms with E-state index in [9.17, 15) is 24.0 Å². The van der Waals surface area contributed by atoms with Crippen LogP contribution in [0.25, 0.3) is 11.1 Å². The van der Waals surface area contributed by atoms with Gasteiger partial charge in [-0.15, -0.1) is 0 Å². The Kier molecular flexibility index (Phi) is 8.53. The number of primary amides is 1. The number of ketones is 1. The summed E-state index contributed by atoms with van der Waals surface area (Å²) in [7, 11) is 2.82. The summed E-state index contributed by atoms with van der Waals surface area (Å²) in [6.07, 6.45) is 2.81. The van der Waals surface area contributed by atoms with Gasteiger partial charge in [0.25, 0.3) is 11.5 Å². The molecule has 11 heteroatoms. The molecule has 0 radical (unpaired) electrons. The molecule has 0 aliphatic heterocycles. The van der Waals surface area contributed by atoms with E-state index in [0.717, 1.165) is 6.07 Å². The lowest BCUT2D eigenvalue weighted by atomic mass is 9.98. The number of rotatable bonds is 10. The van der Waals surface area contributed by atoms with Gasteiger partial charge < -0.3 is 19.8 Å². The Bertz CT molecular complexity index is 1400. The molecule has 0 spiro atoms. The Morgan fingerprint density at radius 3 is 2.58 bits per heavy atom. The molecule has 1 atom stereocenters. The lowest BCUT2D eigenvalue weighted by Crippen LogP contribution is -2.31. The number of amides is 1. The molecule has 2 heterocycles. The minimum Gasteiger partial charge on any atom is -0.495 e. The molecule has 186 valence electrons. The molecule has 2 N–H and O–H groups in total. The van der Waals surface area contributed by atoms with Crippen molar-refractivity contribution in [3.8, 4) is 22.9 Å². The lowest BCUT2D eigenvalue weighted by Gasteiger charge is -2.21. The molecule has 9 nitrogen and oxygen atoms in total. The van der Waals surface area contributed by atoms with E-state index in [2.05, 4.69) is 4.98 Å². The van der Waals surface area contributed by atoms with Gasteiger partial charge in [-0.2, -0.15) is 5.26 Å². The van der Waals surface area contributed by atoms with Gasteiger partial charge >= 0.3 is 0 Å². The van der Waals surface area contributed by atoms with Gasteiger partial charge in [-0.3, -0.25) is 19.4 Å². The third kappa shape index (κ3) is 5.76. The zero-order valence-electron chi connectivity index (χ0n) is 19.5. The number of carbonyl (C=O) groups excluding carboxylic acids is 2. The van der Waals surface area contributed by atoms with Crippen molar-refractivity contribution < 1.29 is 23.5 Å². The van der Waals surface area contributed by atoms with Gasteiger partial charge in [0.15, 0.2) is 5.78 Å². The number of hydrogen-bond donors (Lipinski definition) is 1. The van der Waals surface area contributed by atoms with E-state index in [-0.39, 0.29) is 58.4 Å². The van der Waals surface area contributed by atoms with Crippen molar-refractivity contribution in [3.63, 3.8) is 0 Å². The zero-order chi connectivity index (χ0) is 26.4. The van der Waals surface area contributed by atoms with Gasteiger partial charge in [-0.1, -0.05) is 17.7 Å². The number of ether oxygens (including phenoxy) is 2. The summed E-state index contributed by atoms with van der Waals surface area (Å²) in [5.41, 5.74) is 5.15. The van der Waals surface area contributed by atoms with Gasteiger partial charge in [0.1, 0.15) is 23.3 Å². The lowest BCUT2D eigenvalue weighted by molar-refractivity contribution is -0.122. The van der Waals surface area contributed by atoms with Crippen molar-refractivity contribution in [1.29, 1.82) is 5.26 Å². The average Bonchev–Trinajstić information content (AvgIpc) is 2.84. The molecular weight excluding hydrogens is 491 g/mol. The molecule has 0 aliphatic rings. The third-order valence-corrected chi connectivity index (χ3v) is 5.70. The van der Waals surface area contributed by atoms with Crippen LogP contribution in [0.3, 0.4) is 0 Å². The zero-order valence-corrected chi connectivity index (χ0v) is 20.2. The van der Waals surface area contributed by atoms with Crippen molar-refractivity contribution in [2.24, 2.45) is 5.73 Å². The molecule has 2 aromatic heterocycles. The quantitative estimate of drug-likeness (QED) is 0.440. The van der Waals surface area contributed by atoms with E-state index in [1.807, 2.05) is 0 Å². The second-order valence-corrected chi connectivity index (χ2v) is 8.22. The number of halogens is 2. The number of Topliss-reactive ketones (excluding diaryl/α,β-unsaturated/α-hetero) is 1. The van der Waals surface area contributed by atoms with E-state index >= 15 is 0 Å². The van der Waals surface area contributed by atoms with Gasteiger partial charge in [0.05, 0.1) is 24.9 Å². The summed E-state index contributed by atoms with van der Waals surface area (Å²) in [5, 5.41) is 9.48. The summed E-state index contributed by atoms with van der Waals surface area (Å²) in [5.74, 6) is -1.71. The number of carbonyl (C=O) groups is 2. The van der Waals surface area contributed by atoms with Crippen LogP contribution < -0.4 is 16.0 Å². The highest BCUT2D eigenvalue weighted by atomic mass is 35.5. The number of benzene rings is 1. The van der Waals surface area contributed by atoms with Crippen molar-refractivity contribution in [2.45, 2.75) is 18.9 Å². The first kappa shape index (κ1) is 26.5. The van der Waals surface area contributed by atoms with Gasteiger partial charge in [-0.25, -0.2) is 4.39 Å². The van der Waals surface area contributed by atoms with E-state index in [4.69, 9.17) is 26.8 Å². The molecule has 0 saturated carbocycles. The molecule has 1 unspecified atom stereocenters. The van der Waals surface area contributed by atoms with Crippen LogP contribution in [-0.2, 0) is 16.0 Å². The summed E-state index contributed by atoms with van der Waals surface area (Å²) >= 11 is 5.99. The predicted molar refractivity (Wildman–Crippen MR) is 129 cm³/mol. The highest BCUT2D eigenvalue weighted by Gasteiger charge is 2.25. The summed E-state index contributed by atoms with van der Waals surface area (Å²) in [6, 6.07) is 7.35. The van der Waals surface area contributed by atoms with Crippen molar-refractivity contribution in [3.05, 3.63) is 80.7 Å². The Hall–Kier alpha value is -4.07. The van der Waals surface area contributed by atoms with Crippen LogP contribution in [0, 0.1) is 17.1 Å². The van der Waals surface area contributed by atoms with Crippen LogP contribution in [-0.4, -0.2) is 42.1 Å². The molecule has 1 amide bonds. The third-order valence-electron chi connectivity index (χ3n) is 5.48. The number of nitriles is 1. The number of nitrogens with two attached hydrogens (primary N) is 1. The maximum absolute atomic E-state index is 14.3. The standard InChI is InChI=1S/C25H22ClFN4O5/c1-35-6-5-21(22(32)7-14-3-4-20(25(29)34)30-12-14)31-13-23(36-2)17(10-24(31)33)16-8-15(26)9-19(27)18(16)11-28/h3-4,8-10,12-13,21H,5-7H2,1-2H3,(H2,29,34). The van der Waals surface area contributed by atoms with E-state index in [0.29, 0.717) is 5.56 Å². The Morgan fingerprint density at radius 2 is 2.00 bits per heavy atom. The number of aromatic nitrogens is 2. The first-order valence-corrected chi connectivity index (χ1v) is 11.0. The van der Waals surface area contributed by atoms with E-state index < -0.39 is 23.3 Å². The Balaban J connectivity index is 2.05. The number of nitrogens with zero attached hydrogens (tertiary/aromatic N) is 3. The molecule has 0 fully saturated rings. The van der Waals surface area contributed by atoms with Crippen LogP contribution in [0.4, 0.5) is 4.39 Å². The molecule has 3 aromatic rings. The molecule has 36 heavy (non-hydrogen) atoms. The van der Waals surface area contributed by atoms with Crippen LogP contribution in [0.1, 0.15) is 34.1 Å². The average molecular weight is 513 g/mol. The van der Waals surface area contributed by atoms with Gasteiger partial charge in [0.2, 0.25) is 0 Å². The van der Waals surface area contributed by atoms with Crippen molar-refractivity contribution in [2.75, 3.05) is 20.8 Å². The topological polar surface area (TPSA) is 137 Å². The molecule has 0 bridgehead atoms. The van der Waals surface area contributed by atoms with Crippen LogP contribution in [0.15, 0.2) is 47.5 Å². The molecule has 0 saturated heterocycles. The normalized spacial score (nSPS) is 11.5. The van der Waals surface area contributed by atoms with E-state index in [1.54, 1.807) is 12.1 Å². The summed E-state index contributed by atoms with van der Waals surface area (Å²) in [6.45, 7) is 0.184. The number of hydrogen-bond acceptors (Lipinski definition) is 7. The monoisotopic (exact) mass is 512 g/mol. The Labute approximate surface area is 210 Å². The van der Waals surface area contributed by atoms with Crippen molar-refractivity contribution >= 4 is 23.3 Å². The SMILES string of the molecule is COCCC(C(=O)Cc1ccc(C(N)=O)nc1)n1cc(OC)c(-c2cc(Cl)cc(F)c2C#N)cc1=O. The highest BCUT2D eigenvalue weighted by Crippen LogP contribution is 2.35. The van der Waals surface area contributed by atoms with Gasteiger partial charge in [0, 0.05) is 48.6 Å². The van der Waals surface area contributed by atoms with Crippen molar-refractivity contribution in [1.82, 2.24) is 9.55 Å². The minimum atomic E-state index is -0.928. The van der Waals surface area contributed by atoms with Crippen LogP contribution >= 0.6 is 11.6 Å². The summed E-state index contributed by atoms with van der Waals surface area (Å²) < 4.78 is 26.1. The maximum atomic E-state index is 14.3. The fraction of sp³-hybridized carbons (Fsp3) is 0.240. The molecule has 0 aliphatic carbocycles. The second-order valence-electron chi connectivity index (χ2n) is 7.78. The van der Waals surface area contributed by atoms with Crippen LogP contribution in [0.5, 0.6) is 5.75 Å². The second kappa shape index (κ2) is 11.6. The molecule has 3 rings (SSSR count). The van der Waals surface area contributed by atoms with E-state index in [1.165, 1.54) is 49.4 Å². The summed E-state index contributed by atoms with van der Waals surface area (Å²) in [4.78, 5) is 41.6. The van der Waals surface area contributed by atoms with Crippen LogP contribution in [0.2, 0.25) is 5.02 Å². The van der Waals surface area contributed by atoms with Gasteiger partial charge in [-0.05, 0) is 30.2 Å². The number of pyridine rings is 2. The Morgan fingerprint density at radius 1 is 1.25 bits per heavy atom. The molecule has 1 aromatic carbocycles. The first-order chi connectivity index (χ1) is 17.2. The maximum Gasteiger partial charge on any atom is 0.267 e.